The lowest BCUT2D eigenvalue weighted by Crippen LogP contribution is -2.53. The SMILES string of the molecule is CN1CCC(CN(C)C2(CN)CCSC2)C1. The van der Waals surface area contributed by atoms with Gasteiger partial charge >= 0.3 is 0 Å². The molecule has 2 heterocycles. The van der Waals surface area contributed by atoms with E-state index in [0.717, 1.165) is 12.5 Å². The summed E-state index contributed by atoms with van der Waals surface area (Å²) in [6.45, 7) is 4.57. The van der Waals surface area contributed by atoms with Crippen LogP contribution in [-0.2, 0) is 0 Å². The van der Waals surface area contributed by atoms with Crippen molar-refractivity contribution in [3.05, 3.63) is 0 Å². The van der Waals surface area contributed by atoms with Crippen molar-refractivity contribution in [1.29, 1.82) is 0 Å². The van der Waals surface area contributed by atoms with E-state index in [1.807, 2.05) is 0 Å². The average molecular weight is 243 g/mol. The van der Waals surface area contributed by atoms with Crippen LogP contribution in [0.2, 0.25) is 0 Å². The van der Waals surface area contributed by atoms with Crippen LogP contribution in [0.25, 0.3) is 0 Å². The smallest absolute Gasteiger partial charge is 0.0426 e. The van der Waals surface area contributed by atoms with Crippen molar-refractivity contribution in [1.82, 2.24) is 9.80 Å². The zero-order chi connectivity index (χ0) is 11.6. The highest BCUT2D eigenvalue weighted by Gasteiger charge is 2.38. The van der Waals surface area contributed by atoms with E-state index >= 15 is 0 Å². The third-order valence-corrected chi connectivity index (χ3v) is 5.53. The zero-order valence-electron chi connectivity index (χ0n) is 10.6. The van der Waals surface area contributed by atoms with E-state index < -0.39 is 0 Å². The first-order valence-electron chi connectivity index (χ1n) is 6.34. The Bertz CT molecular complexity index is 228. The zero-order valence-corrected chi connectivity index (χ0v) is 11.4. The van der Waals surface area contributed by atoms with Gasteiger partial charge in [-0.05, 0) is 45.2 Å². The standard InChI is InChI=1S/C12H25N3S/c1-14-5-3-11(7-14)8-15(2)12(9-13)4-6-16-10-12/h11H,3-10,13H2,1-2H3. The molecule has 0 amide bonds. The summed E-state index contributed by atoms with van der Waals surface area (Å²) in [4.78, 5) is 4.99. The molecular weight excluding hydrogens is 218 g/mol. The molecule has 16 heavy (non-hydrogen) atoms. The fourth-order valence-electron chi connectivity index (χ4n) is 2.97. The van der Waals surface area contributed by atoms with Gasteiger partial charge in [0.05, 0.1) is 0 Å². The first-order chi connectivity index (χ1) is 7.66. The van der Waals surface area contributed by atoms with Crippen LogP contribution in [0.4, 0.5) is 0 Å². The van der Waals surface area contributed by atoms with Crippen LogP contribution in [0.3, 0.4) is 0 Å². The van der Waals surface area contributed by atoms with Gasteiger partial charge in [-0.15, -0.1) is 0 Å². The second-order valence-corrected chi connectivity index (χ2v) is 6.63. The number of likely N-dealkylation sites (tertiary alicyclic amines) is 1. The highest BCUT2D eigenvalue weighted by Crippen LogP contribution is 2.32. The highest BCUT2D eigenvalue weighted by atomic mass is 32.2. The van der Waals surface area contributed by atoms with Crippen molar-refractivity contribution in [2.45, 2.75) is 18.4 Å². The van der Waals surface area contributed by atoms with Crippen LogP contribution in [-0.4, -0.2) is 67.1 Å². The van der Waals surface area contributed by atoms with Crippen LogP contribution in [0, 0.1) is 5.92 Å². The Kier molecular flexibility index (Phi) is 4.16. The summed E-state index contributed by atoms with van der Waals surface area (Å²) in [6, 6.07) is 0. The highest BCUT2D eigenvalue weighted by molar-refractivity contribution is 7.99. The van der Waals surface area contributed by atoms with E-state index in [1.54, 1.807) is 0 Å². The second-order valence-electron chi connectivity index (χ2n) is 5.53. The maximum atomic E-state index is 6.01. The molecule has 0 aromatic heterocycles. The molecule has 2 saturated heterocycles. The second kappa shape index (κ2) is 5.25. The lowest BCUT2D eigenvalue weighted by Gasteiger charge is -2.38. The molecule has 0 spiro atoms. The Morgan fingerprint density at radius 2 is 2.38 bits per heavy atom. The molecule has 94 valence electrons. The molecule has 2 N–H and O–H groups in total. The van der Waals surface area contributed by atoms with E-state index in [1.165, 1.54) is 44.0 Å². The molecule has 2 rings (SSSR count). The van der Waals surface area contributed by atoms with Gasteiger partial charge in [-0.3, -0.25) is 4.90 Å². The lowest BCUT2D eigenvalue weighted by molar-refractivity contribution is 0.129. The van der Waals surface area contributed by atoms with E-state index in [4.69, 9.17) is 5.73 Å². The van der Waals surface area contributed by atoms with Gasteiger partial charge in [0, 0.05) is 30.9 Å². The van der Waals surface area contributed by atoms with Gasteiger partial charge < -0.3 is 10.6 Å². The van der Waals surface area contributed by atoms with Gasteiger partial charge in [0.25, 0.3) is 0 Å². The quantitative estimate of drug-likeness (QED) is 0.788. The molecule has 2 atom stereocenters. The summed E-state index contributed by atoms with van der Waals surface area (Å²) in [6.07, 6.45) is 2.63. The van der Waals surface area contributed by atoms with Crippen LogP contribution in [0.15, 0.2) is 0 Å². The minimum atomic E-state index is 0.297. The number of nitrogens with two attached hydrogens (primary N) is 1. The Hall–Kier alpha value is 0.230. The Labute approximate surface area is 104 Å². The predicted octanol–water partition coefficient (Wildman–Crippen LogP) is 0.704. The van der Waals surface area contributed by atoms with Gasteiger partial charge in [-0.25, -0.2) is 0 Å². The summed E-state index contributed by atoms with van der Waals surface area (Å²) in [5.41, 5.74) is 6.30. The van der Waals surface area contributed by atoms with Crippen LogP contribution in [0.5, 0.6) is 0 Å². The predicted molar refractivity (Wildman–Crippen MR) is 72.0 cm³/mol. The van der Waals surface area contributed by atoms with E-state index in [9.17, 15) is 0 Å². The molecule has 2 aliphatic rings. The van der Waals surface area contributed by atoms with Gasteiger partial charge in [0.15, 0.2) is 0 Å². The van der Waals surface area contributed by atoms with Crippen molar-refractivity contribution in [3.8, 4) is 0 Å². The molecule has 2 fully saturated rings. The molecule has 0 bridgehead atoms. The molecule has 3 nitrogen and oxygen atoms in total. The lowest BCUT2D eigenvalue weighted by atomic mass is 9.95. The molecular formula is C12H25N3S. The number of rotatable bonds is 4. The minimum absolute atomic E-state index is 0.297. The number of hydrogen-bond acceptors (Lipinski definition) is 4. The Morgan fingerprint density at radius 3 is 2.88 bits per heavy atom. The van der Waals surface area contributed by atoms with Crippen molar-refractivity contribution in [2.75, 3.05) is 51.8 Å². The number of hydrogen-bond donors (Lipinski definition) is 1. The largest absolute Gasteiger partial charge is 0.329 e. The maximum Gasteiger partial charge on any atom is 0.0426 e. The minimum Gasteiger partial charge on any atom is -0.329 e. The summed E-state index contributed by atoms with van der Waals surface area (Å²) in [5, 5.41) is 0. The first kappa shape index (κ1) is 12.7. The molecule has 2 aliphatic heterocycles. The van der Waals surface area contributed by atoms with Crippen LogP contribution >= 0.6 is 11.8 Å². The Balaban J connectivity index is 1.88. The van der Waals surface area contributed by atoms with Crippen LogP contribution < -0.4 is 5.73 Å². The molecule has 0 aromatic rings. The maximum absolute atomic E-state index is 6.01. The van der Waals surface area contributed by atoms with E-state index in [0.29, 0.717) is 5.54 Å². The average Bonchev–Trinajstić information content (AvgIpc) is 2.88. The van der Waals surface area contributed by atoms with Gasteiger partial charge in [-0.1, -0.05) is 0 Å². The Morgan fingerprint density at radius 1 is 1.56 bits per heavy atom. The number of thioether (sulfide) groups is 1. The number of likely N-dealkylation sites (N-methyl/N-ethyl adjacent to an activating group) is 1. The molecule has 2 unspecified atom stereocenters. The van der Waals surface area contributed by atoms with Crippen molar-refractivity contribution < 1.29 is 0 Å². The monoisotopic (exact) mass is 243 g/mol. The third-order valence-electron chi connectivity index (χ3n) is 4.29. The first-order valence-corrected chi connectivity index (χ1v) is 7.49. The fraction of sp³-hybridized carbons (Fsp3) is 1.00. The van der Waals surface area contributed by atoms with Gasteiger partial charge in [-0.2, -0.15) is 11.8 Å². The van der Waals surface area contributed by atoms with Crippen molar-refractivity contribution >= 4 is 11.8 Å². The van der Waals surface area contributed by atoms with Crippen molar-refractivity contribution in [3.63, 3.8) is 0 Å². The van der Waals surface area contributed by atoms with Crippen molar-refractivity contribution in [2.24, 2.45) is 11.7 Å². The van der Waals surface area contributed by atoms with E-state index in [2.05, 4.69) is 35.7 Å². The van der Waals surface area contributed by atoms with Crippen LogP contribution in [0.1, 0.15) is 12.8 Å². The van der Waals surface area contributed by atoms with E-state index in [-0.39, 0.29) is 0 Å². The topological polar surface area (TPSA) is 32.5 Å². The summed E-state index contributed by atoms with van der Waals surface area (Å²) in [5.74, 6) is 3.36. The molecule has 0 aliphatic carbocycles. The summed E-state index contributed by atoms with van der Waals surface area (Å²) in [7, 11) is 4.50. The molecule has 0 radical (unpaired) electrons. The van der Waals surface area contributed by atoms with Gasteiger partial charge in [0.2, 0.25) is 0 Å². The summed E-state index contributed by atoms with van der Waals surface area (Å²) >= 11 is 2.06. The third kappa shape index (κ3) is 2.55. The number of nitrogens with zero attached hydrogens (tertiary/aromatic N) is 2. The normalized spacial score (nSPS) is 36.4. The molecule has 4 heteroatoms. The summed E-state index contributed by atoms with van der Waals surface area (Å²) < 4.78 is 0. The van der Waals surface area contributed by atoms with Gasteiger partial charge in [0.1, 0.15) is 0 Å². The molecule has 0 saturated carbocycles. The fourth-order valence-corrected chi connectivity index (χ4v) is 4.50. The molecule has 0 aromatic carbocycles.